The van der Waals surface area contributed by atoms with Crippen molar-refractivity contribution >= 4 is 5.97 Å². The van der Waals surface area contributed by atoms with Crippen molar-refractivity contribution in [3.8, 4) is 0 Å². The van der Waals surface area contributed by atoms with Crippen LogP contribution in [0.1, 0.15) is 32.6 Å². The molecule has 1 atom stereocenters. The summed E-state index contributed by atoms with van der Waals surface area (Å²) in [4.78, 5) is 14.1. The minimum atomic E-state index is -0.575. The molecule has 1 fully saturated rings. The van der Waals surface area contributed by atoms with E-state index in [1.165, 1.54) is 20.0 Å². The summed E-state index contributed by atoms with van der Waals surface area (Å²) in [6.07, 6.45) is 4.10. The molecule has 0 bridgehead atoms. The van der Waals surface area contributed by atoms with Crippen LogP contribution in [0.2, 0.25) is 0 Å². The van der Waals surface area contributed by atoms with Gasteiger partial charge in [-0.25, -0.2) is 0 Å². The molecule has 20 heavy (non-hydrogen) atoms. The van der Waals surface area contributed by atoms with Gasteiger partial charge in [-0.05, 0) is 59.2 Å². The Morgan fingerprint density at radius 1 is 1.45 bits per heavy atom. The maximum atomic E-state index is 11.7. The molecule has 1 aliphatic heterocycles. The lowest BCUT2D eigenvalue weighted by molar-refractivity contribution is -0.148. The van der Waals surface area contributed by atoms with E-state index in [1.54, 1.807) is 0 Å². The Kier molecular flexibility index (Phi) is 7.48. The second-order valence-electron chi connectivity index (χ2n) is 6.00. The first kappa shape index (κ1) is 17.4. The van der Waals surface area contributed by atoms with Gasteiger partial charge in [0.15, 0.2) is 0 Å². The Balaban J connectivity index is 2.26. The summed E-state index contributed by atoms with van der Waals surface area (Å²) in [6, 6.07) is 0. The molecule has 0 saturated carbocycles. The van der Waals surface area contributed by atoms with Crippen molar-refractivity contribution in [2.75, 3.05) is 47.5 Å². The molecule has 1 rings (SSSR count). The lowest BCUT2D eigenvalue weighted by Crippen LogP contribution is -2.48. The number of nitrogens with one attached hydrogen (secondary N) is 1. The van der Waals surface area contributed by atoms with Gasteiger partial charge in [0.1, 0.15) is 5.54 Å². The molecule has 5 heteroatoms. The minimum Gasteiger partial charge on any atom is -0.468 e. The highest BCUT2D eigenvalue weighted by Crippen LogP contribution is 2.17. The molecule has 0 aromatic heterocycles. The number of ether oxygens (including phenoxy) is 2. The second-order valence-corrected chi connectivity index (χ2v) is 6.00. The molecule has 1 saturated heterocycles. The molecule has 1 N–H and O–H groups in total. The maximum absolute atomic E-state index is 11.7. The lowest BCUT2D eigenvalue weighted by atomic mass is 9.95. The number of methoxy groups -OCH3 is 1. The third kappa shape index (κ3) is 5.38. The van der Waals surface area contributed by atoms with Crippen LogP contribution in [0.25, 0.3) is 0 Å². The van der Waals surface area contributed by atoms with E-state index in [9.17, 15) is 4.79 Å². The molecular weight excluding hydrogens is 256 g/mol. The van der Waals surface area contributed by atoms with Gasteiger partial charge in [0, 0.05) is 19.8 Å². The van der Waals surface area contributed by atoms with E-state index in [1.807, 2.05) is 14.0 Å². The Morgan fingerprint density at radius 2 is 2.10 bits per heavy atom. The number of rotatable bonds is 8. The Hall–Kier alpha value is -0.650. The van der Waals surface area contributed by atoms with Crippen LogP contribution in [0.15, 0.2) is 0 Å². The smallest absolute Gasteiger partial charge is 0.325 e. The van der Waals surface area contributed by atoms with Crippen LogP contribution in [-0.2, 0) is 14.3 Å². The van der Waals surface area contributed by atoms with Crippen LogP contribution in [-0.4, -0.2) is 63.9 Å². The number of esters is 1. The number of carbonyl (C=O) groups is 1. The molecule has 0 amide bonds. The van der Waals surface area contributed by atoms with Crippen molar-refractivity contribution in [3.63, 3.8) is 0 Å². The molecule has 0 aromatic rings. The normalized spacial score (nSPS) is 19.9. The largest absolute Gasteiger partial charge is 0.468 e. The molecule has 5 nitrogen and oxygen atoms in total. The van der Waals surface area contributed by atoms with Crippen LogP contribution in [0.4, 0.5) is 0 Å². The highest BCUT2D eigenvalue weighted by atomic mass is 16.5. The fourth-order valence-corrected chi connectivity index (χ4v) is 2.72. The predicted octanol–water partition coefficient (Wildman–Crippen LogP) is 1.28. The quantitative estimate of drug-likeness (QED) is 0.681. The Bertz CT molecular complexity index is 293. The summed E-state index contributed by atoms with van der Waals surface area (Å²) >= 11 is 0. The van der Waals surface area contributed by atoms with Crippen molar-refractivity contribution in [2.24, 2.45) is 5.92 Å². The van der Waals surface area contributed by atoms with Crippen molar-refractivity contribution in [1.82, 2.24) is 10.2 Å². The average Bonchev–Trinajstić information content (AvgIpc) is 2.47. The first-order valence-electron chi connectivity index (χ1n) is 7.55. The average molecular weight is 286 g/mol. The van der Waals surface area contributed by atoms with Gasteiger partial charge in [0.25, 0.3) is 0 Å². The van der Waals surface area contributed by atoms with Gasteiger partial charge in [0.05, 0.1) is 7.11 Å². The Labute approximate surface area is 123 Å². The summed E-state index contributed by atoms with van der Waals surface area (Å²) in [5.41, 5.74) is -0.575. The molecule has 118 valence electrons. The van der Waals surface area contributed by atoms with Gasteiger partial charge >= 0.3 is 5.97 Å². The summed E-state index contributed by atoms with van der Waals surface area (Å²) in [5, 5.41) is 3.07. The van der Waals surface area contributed by atoms with Gasteiger partial charge in [-0.15, -0.1) is 0 Å². The van der Waals surface area contributed by atoms with E-state index in [2.05, 4.69) is 17.3 Å². The molecule has 0 radical (unpaired) electrons. The minimum absolute atomic E-state index is 0.188. The van der Waals surface area contributed by atoms with Crippen LogP contribution in [0, 0.1) is 5.92 Å². The first-order chi connectivity index (χ1) is 9.51. The number of likely N-dealkylation sites (N-methyl/N-ethyl adjacent to an activating group) is 1. The van der Waals surface area contributed by atoms with Crippen molar-refractivity contribution in [3.05, 3.63) is 0 Å². The molecule has 0 aromatic carbocycles. The predicted molar refractivity (Wildman–Crippen MR) is 79.8 cm³/mol. The zero-order valence-electron chi connectivity index (χ0n) is 13.4. The third-order valence-corrected chi connectivity index (χ3v) is 4.32. The number of nitrogens with zero attached hydrogens (tertiary/aromatic N) is 1. The van der Waals surface area contributed by atoms with Gasteiger partial charge in [-0.1, -0.05) is 0 Å². The van der Waals surface area contributed by atoms with Crippen molar-refractivity contribution in [1.29, 1.82) is 0 Å². The van der Waals surface area contributed by atoms with Crippen molar-refractivity contribution in [2.45, 2.75) is 38.1 Å². The highest BCUT2D eigenvalue weighted by Gasteiger charge is 2.31. The monoisotopic (exact) mass is 286 g/mol. The number of hydrogen-bond donors (Lipinski definition) is 1. The summed E-state index contributed by atoms with van der Waals surface area (Å²) < 4.78 is 10.2. The van der Waals surface area contributed by atoms with E-state index in [0.717, 1.165) is 45.1 Å². The van der Waals surface area contributed by atoms with Gasteiger partial charge < -0.3 is 19.7 Å². The SMILES string of the molecule is CNC(C)(CCCN(C)CC1CCOCC1)C(=O)OC. The summed E-state index contributed by atoms with van der Waals surface area (Å²) in [7, 11) is 5.40. The summed E-state index contributed by atoms with van der Waals surface area (Å²) in [5.74, 6) is 0.567. The molecule has 1 unspecified atom stereocenters. The van der Waals surface area contributed by atoms with Crippen LogP contribution in [0.3, 0.4) is 0 Å². The highest BCUT2D eigenvalue weighted by molar-refractivity contribution is 5.80. The first-order valence-corrected chi connectivity index (χ1v) is 7.55. The zero-order chi connectivity index (χ0) is 15.0. The summed E-state index contributed by atoms with van der Waals surface area (Å²) in [6.45, 7) is 5.83. The molecule has 1 aliphatic rings. The van der Waals surface area contributed by atoms with E-state index in [0.29, 0.717) is 0 Å². The Morgan fingerprint density at radius 3 is 2.65 bits per heavy atom. The second kappa shape index (κ2) is 8.60. The fourth-order valence-electron chi connectivity index (χ4n) is 2.72. The van der Waals surface area contributed by atoms with Crippen LogP contribution < -0.4 is 5.32 Å². The standard InChI is InChI=1S/C15H30N2O3/c1-15(16-2,14(18)19-4)8-5-9-17(3)12-13-6-10-20-11-7-13/h13,16H,5-12H2,1-4H3. The number of carbonyl (C=O) groups excluding carboxylic acids is 1. The van der Waals surface area contributed by atoms with Crippen LogP contribution in [0.5, 0.6) is 0 Å². The van der Waals surface area contributed by atoms with Crippen LogP contribution >= 0.6 is 0 Å². The fraction of sp³-hybridized carbons (Fsp3) is 0.933. The third-order valence-electron chi connectivity index (χ3n) is 4.32. The molecule has 0 aliphatic carbocycles. The lowest BCUT2D eigenvalue weighted by Gasteiger charge is -2.29. The molecular formula is C15H30N2O3. The van der Waals surface area contributed by atoms with Gasteiger partial charge in [-0.2, -0.15) is 0 Å². The zero-order valence-corrected chi connectivity index (χ0v) is 13.4. The number of hydrogen-bond acceptors (Lipinski definition) is 5. The van der Waals surface area contributed by atoms with E-state index >= 15 is 0 Å². The van der Waals surface area contributed by atoms with E-state index in [4.69, 9.17) is 9.47 Å². The van der Waals surface area contributed by atoms with E-state index in [-0.39, 0.29) is 5.97 Å². The maximum Gasteiger partial charge on any atom is 0.325 e. The molecule has 1 heterocycles. The molecule has 0 spiro atoms. The van der Waals surface area contributed by atoms with Gasteiger partial charge in [0.2, 0.25) is 0 Å². The van der Waals surface area contributed by atoms with Gasteiger partial charge in [-0.3, -0.25) is 4.79 Å². The van der Waals surface area contributed by atoms with E-state index < -0.39 is 5.54 Å². The van der Waals surface area contributed by atoms with Crippen molar-refractivity contribution < 1.29 is 14.3 Å². The topological polar surface area (TPSA) is 50.8 Å².